The Bertz CT molecular complexity index is 70.0. The molecule has 3 nitrogen and oxygen atoms in total. The van der Waals surface area contributed by atoms with Crippen molar-refractivity contribution in [1.82, 2.24) is 4.90 Å². The minimum Gasteiger partial charge on any atom is -0.396 e. The normalized spacial score (nSPS) is 14.1. The Morgan fingerprint density at radius 3 is 2.40 bits per heavy atom. The van der Waals surface area contributed by atoms with Crippen LogP contribution in [0.15, 0.2) is 0 Å². The standard InChI is InChI=1S/C7H17NO2/c1-8(2)7(4-5-9)6-10-3/h7,9H,4-6H2,1-3H3. The molecule has 0 aromatic heterocycles. The Hall–Kier alpha value is -0.120. The van der Waals surface area contributed by atoms with Crippen LogP contribution in [0.25, 0.3) is 0 Å². The van der Waals surface area contributed by atoms with Crippen LogP contribution in [0.2, 0.25) is 0 Å². The van der Waals surface area contributed by atoms with Crippen molar-refractivity contribution in [2.24, 2.45) is 0 Å². The van der Waals surface area contributed by atoms with Gasteiger partial charge >= 0.3 is 0 Å². The molecule has 62 valence electrons. The molecule has 0 aliphatic heterocycles. The van der Waals surface area contributed by atoms with Crippen molar-refractivity contribution in [3.63, 3.8) is 0 Å². The van der Waals surface area contributed by atoms with Crippen molar-refractivity contribution in [2.45, 2.75) is 12.5 Å². The fourth-order valence-electron chi connectivity index (χ4n) is 0.832. The molecule has 1 unspecified atom stereocenters. The number of ether oxygens (including phenoxy) is 1. The zero-order chi connectivity index (χ0) is 7.98. The maximum atomic E-state index is 8.63. The van der Waals surface area contributed by atoms with Gasteiger partial charge in [0.2, 0.25) is 0 Å². The molecule has 0 fully saturated rings. The van der Waals surface area contributed by atoms with E-state index >= 15 is 0 Å². The average molecular weight is 147 g/mol. The van der Waals surface area contributed by atoms with E-state index in [9.17, 15) is 0 Å². The first kappa shape index (κ1) is 9.88. The summed E-state index contributed by atoms with van der Waals surface area (Å²) in [6.07, 6.45) is 0.779. The van der Waals surface area contributed by atoms with E-state index in [2.05, 4.69) is 4.90 Å². The fraction of sp³-hybridized carbons (Fsp3) is 1.00. The average Bonchev–Trinajstić information content (AvgIpc) is 1.87. The Labute approximate surface area is 62.6 Å². The third-order valence-corrected chi connectivity index (χ3v) is 1.55. The van der Waals surface area contributed by atoms with Gasteiger partial charge in [0.15, 0.2) is 0 Å². The van der Waals surface area contributed by atoms with E-state index in [0.29, 0.717) is 12.6 Å². The van der Waals surface area contributed by atoms with Gasteiger partial charge in [0, 0.05) is 19.8 Å². The van der Waals surface area contributed by atoms with Gasteiger partial charge in [-0.2, -0.15) is 0 Å². The Kier molecular flexibility index (Phi) is 5.58. The predicted molar refractivity (Wildman–Crippen MR) is 41.1 cm³/mol. The molecule has 0 saturated carbocycles. The molecule has 0 saturated heterocycles. The quantitative estimate of drug-likeness (QED) is 0.591. The third-order valence-electron chi connectivity index (χ3n) is 1.55. The van der Waals surface area contributed by atoms with Crippen LogP contribution in [0.4, 0.5) is 0 Å². The first-order chi connectivity index (χ1) is 4.72. The first-order valence-corrected chi connectivity index (χ1v) is 3.48. The van der Waals surface area contributed by atoms with Crippen LogP contribution in [0.1, 0.15) is 6.42 Å². The van der Waals surface area contributed by atoms with Crippen molar-refractivity contribution in [3.8, 4) is 0 Å². The lowest BCUT2D eigenvalue weighted by Crippen LogP contribution is -2.32. The number of hydrogen-bond donors (Lipinski definition) is 1. The van der Waals surface area contributed by atoms with Gasteiger partial charge in [0.1, 0.15) is 0 Å². The van der Waals surface area contributed by atoms with Crippen LogP contribution in [-0.2, 0) is 4.74 Å². The number of methoxy groups -OCH3 is 1. The minimum absolute atomic E-state index is 0.228. The topological polar surface area (TPSA) is 32.7 Å². The second-order valence-electron chi connectivity index (χ2n) is 2.59. The molecule has 0 amide bonds. The molecule has 0 aromatic rings. The highest BCUT2D eigenvalue weighted by Crippen LogP contribution is 1.98. The molecule has 0 bridgehead atoms. The number of nitrogens with zero attached hydrogens (tertiary/aromatic N) is 1. The highest BCUT2D eigenvalue weighted by Gasteiger charge is 2.08. The smallest absolute Gasteiger partial charge is 0.0618 e. The molecule has 10 heavy (non-hydrogen) atoms. The minimum atomic E-state index is 0.228. The van der Waals surface area contributed by atoms with Gasteiger partial charge in [-0.3, -0.25) is 0 Å². The lowest BCUT2D eigenvalue weighted by Gasteiger charge is -2.22. The summed E-state index contributed by atoms with van der Waals surface area (Å²) in [5.74, 6) is 0. The van der Waals surface area contributed by atoms with E-state index in [0.717, 1.165) is 6.42 Å². The van der Waals surface area contributed by atoms with Gasteiger partial charge < -0.3 is 14.7 Å². The van der Waals surface area contributed by atoms with Crippen molar-refractivity contribution in [2.75, 3.05) is 34.4 Å². The van der Waals surface area contributed by atoms with Crippen LogP contribution >= 0.6 is 0 Å². The van der Waals surface area contributed by atoms with E-state index in [1.54, 1.807) is 7.11 Å². The molecule has 0 aromatic carbocycles. The lowest BCUT2D eigenvalue weighted by atomic mass is 10.2. The van der Waals surface area contributed by atoms with Crippen LogP contribution in [0.3, 0.4) is 0 Å². The van der Waals surface area contributed by atoms with Crippen molar-refractivity contribution < 1.29 is 9.84 Å². The highest BCUT2D eigenvalue weighted by molar-refractivity contribution is 4.63. The molecule has 0 spiro atoms. The zero-order valence-corrected chi connectivity index (χ0v) is 7.00. The number of likely N-dealkylation sites (N-methyl/N-ethyl adjacent to an activating group) is 1. The second kappa shape index (κ2) is 5.65. The Morgan fingerprint density at radius 1 is 1.50 bits per heavy atom. The fourth-order valence-corrected chi connectivity index (χ4v) is 0.832. The molecule has 3 heteroatoms. The summed E-state index contributed by atoms with van der Waals surface area (Å²) in [5, 5.41) is 8.63. The molecule has 0 aliphatic rings. The van der Waals surface area contributed by atoms with Gasteiger partial charge in [-0.15, -0.1) is 0 Å². The van der Waals surface area contributed by atoms with E-state index < -0.39 is 0 Å². The van der Waals surface area contributed by atoms with Crippen LogP contribution in [-0.4, -0.2) is 50.5 Å². The van der Waals surface area contributed by atoms with E-state index in [-0.39, 0.29) is 6.61 Å². The van der Waals surface area contributed by atoms with Crippen molar-refractivity contribution in [3.05, 3.63) is 0 Å². The number of aliphatic hydroxyl groups excluding tert-OH is 1. The second-order valence-corrected chi connectivity index (χ2v) is 2.59. The number of hydrogen-bond acceptors (Lipinski definition) is 3. The van der Waals surface area contributed by atoms with Crippen LogP contribution in [0.5, 0.6) is 0 Å². The maximum absolute atomic E-state index is 8.63. The first-order valence-electron chi connectivity index (χ1n) is 3.48. The highest BCUT2D eigenvalue weighted by atomic mass is 16.5. The van der Waals surface area contributed by atoms with E-state index in [4.69, 9.17) is 9.84 Å². The summed E-state index contributed by atoms with van der Waals surface area (Å²) in [6, 6.07) is 0.343. The molecule has 0 heterocycles. The van der Waals surface area contributed by atoms with Crippen molar-refractivity contribution >= 4 is 0 Å². The SMILES string of the molecule is COCC(CCO)N(C)C. The van der Waals surface area contributed by atoms with Crippen molar-refractivity contribution in [1.29, 1.82) is 0 Å². The molecular weight excluding hydrogens is 130 g/mol. The van der Waals surface area contributed by atoms with Gasteiger partial charge in [-0.25, -0.2) is 0 Å². The molecule has 0 aliphatic carbocycles. The van der Waals surface area contributed by atoms with Gasteiger partial charge in [0.25, 0.3) is 0 Å². The van der Waals surface area contributed by atoms with E-state index in [1.807, 2.05) is 14.1 Å². The maximum Gasteiger partial charge on any atom is 0.0618 e. The number of aliphatic hydroxyl groups is 1. The lowest BCUT2D eigenvalue weighted by molar-refractivity contribution is 0.102. The van der Waals surface area contributed by atoms with Crippen LogP contribution < -0.4 is 0 Å². The molecule has 1 N–H and O–H groups in total. The third kappa shape index (κ3) is 3.82. The van der Waals surface area contributed by atoms with E-state index in [1.165, 1.54) is 0 Å². The molecular formula is C7H17NO2. The number of rotatable bonds is 5. The summed E-state index contributed by atoms with van der Waals surface area (Å²) >= 11 is 0. The predicted octanol–water partition coefficient (Wildman–Crippen LogP) is -0.0546. The summed E-state index contributed by atoms with van der Waals surface area (Å²) in [5.41, 5.74) is 0. The van der Waals surface area contributed by atoms with Gasteiger partial charge in [-0.05, 0) is 20.5 Å². The summed E-state index contributed by atoms with van der Waals surface area (Å²) < 4.78 is 4.97. The largest absolute Gasteiger partial charge is 0.396 e. The summed E-state index contributed by atoms with van der Waals surface area (Å²) in [4.78, 5) is 2.06. The summed E-state index contributed by atoms with van der Waals surface area (Å²) in [6.45, 7) is 0.916. The van der Waals surface area contributed by atoms with Gasteiger partial charge in [-0.1, -0.05) is 0 Å². The molecule has 1 atom stereocenters. The zero-order valence-electron chi connectivity index (χ0n) is 7.00. The Morgan fingerprint density at radius 2 is 2.10 bits per heavy atom. The molecule has 0 rings (SSSR count). The van der Waals surface area contributed by atoms with Crippen LogP contribution in [0, 0.1) is 0 Å². The summed E-state index contributed by atoms with van der Waals surface area (Å²) in [7, 11) is 5.65. The van der Waals surface area contributed by atoms with Gasteiger partial charge in [0.05, 0.1) is 6.61 Å². The monoisotopic (exact) mass is 147 g/mol. The molecule has 0 radical (unpaired) electrons. The Balaban J connectivity index is 3.50.